The molecular weight excluding hydrogens is 456 g/mol. The van der Waals surface area contributed by atoms with Crippen molar-refractivity contribution in [3.05, 3.63) is 76.3 Å². The Hall–Kier alpha value is -2.61. The van der Waals surface area contributed by atoms with Gasteiger partial charge in [-0.3, -0.25) is 4.98 Å². The first-order chi connectivity index (χ1) is 16.0. The van der Waals surface area contributed by atoms with Crippen molar-refractivity contribution in [3.63, 3.8) is 0 Å². The standard InChI is InChI=1S/C25H29ClN4O2S/c1-5-29-16(2)14-19(17(29)3)24-23(21-8-6-7-11-27-21)28-25(33)30(24)18-9-10-22(20(26)15-18)32-13-12-31-4/h6-11,14-15,23-24H,5,12-13H2,1-4H3,(H,28,33)/t23-,24-/m0/s1. The van der Waals surface area contributed by atoms with E-state index in [-0.39, 0.29) is 12.1 Å². The lowest BCUT2D eigenvalue weighted by molar-refractivity contribution is 0.146. The first-order valence-electron chi connectivity index (χ1n) is 11.0. The highest BCUT2D eigenvalue weighted by molar-refractivity contribution is 7.80. The van der Waals surface area contributed by atoms with Crippen molar-refractivity contribution in [1.29, 1.82) is 0 Å². The van der Waals surface area contributed by atoms with Gasteiger partial charge in [-0.05, 0) is 75.0 Å². The monoisotopic (exact) mass is 484 g/mol. The number of benzene rings is 1. The van der Waals surface area contributed by atoms with Gasteiger partial charge in [0, 0.05) is 36.9 Å². The minimum absolute atomic E-state index is 0.0739. The second-order valence-corrected chi connectivity index (χ2v) is 8.82. The number of nitrogens with zero attached hydrogens (tertiary/aromatic N) is 3. The third kappa shape index (κ3) is 4.58. The van der Waals surface area contributed by atoms with Crippen LogP contribution in [0.25, 0.3) is 0 Å². The molecule has 1 aliphatic heterocycles. The van der Waals surface area contributed by atoms with Crippen molar-refractivity contribution in [1.82, 2.24) is 14.9 Å². The van der Waals surface area contributed by atoms with Crippen LogP contribution >= 0.6 is 23.8 Å². The fraction of sp³-hybridized carbons (Fsp3) is 0.360. The third-order valence-corrected chi connectivity index (χ3v) is 6.69. The van der Waals surface area contributed by atoms with Crippen LogP contribution in [-0.4, -0.2) is 35.0 Å². The molecule has 0 bridgehead atoms. The molecule has 6 nitrogen and oxygen atoms in total. The van der Waals surface area contributed by atoms with Crippen LogP contribution in [0.5, 0.6) is 5.75 Å². The van der Waals surface area contributed by atoms with E-state index in [4.69, 9.17) is 33.3 Å². The van der Waals surface area contributed by atoms with Crippen LogP contribution < -0.4 is 15.0 Å². The van der Waals surface area contributed by atoms with E-state index in [1.807, 2.05) is 42.6 Å². The van der Waals surface area contributed by atoms with Gasteiger partial charge in [0.15, 0.2) is 5.11 Å². The number of pyridine rings is 1. The number of rotatable bonds is 8. The zero-order valence-corrected chi connectivity index (χ0v) is 20.9. The van der Waals surface area contributed by atoms with E-state index >= 15 is 0 Å². The number of aromatic nitrogens is 2. The summed E-state index contributed by atoms with van der Waals surface area (Å²) in [5, 5.41) is 4.68. The van der Waals surface area contributed by atoms with E-state index in [1.54, 1.807) is 7.11 Å². The van der Waals surface area contributed by atoms with E-state index in [0.717, 1.165) is 17.9 Å². The molecule has 1 saturated heterocycles. The maximum absolute atomic E-state index is 6.59. The van der Waals surface area contributed by atoms with Gasteiger partial charge in [-0.2, -0.15) is 0 Å². The Morgan fingerprint density at radius 3 is 2.61 bits per heavy atom. The normalized spacial score (nSPS) is 18.0. The number of aryl methyl sites for hydroxylation is 1. The molecule has 0 saturated carbocycles. The minimum Gasteiger partial charge on any atom is -0.490 e. The molecule has 4 rings (SSSR count). The van der Waals surface area contributed by atoms with Crippen LogP contribution in [0.2, 0.25) is 5.02 Å². The molecule has 1 N–H and O–H groups in total. The molecule has 2 atom stereocenters. The van der Waals surface area contributed by atoms with Gasteiger partial charge in [0.25, 0.3) is 0 Å². The van der Waals surface area contributed by atoms with Crippen molar-refractivity contribution in [2.75, 3.05) is 25.2 Å². The summed E-state index contributed by atoms with van der Waals surface area (Å²) in [6.07, 6.45) is 1.82. The fourth-order valence-electron chi connectivity index (χ4n) is 4.55. The number of methoxy groups -OCH3 is 1. The molecule has 0 unspecified atom stereocenters. The third-order valence-electron chi connectivity index (χ3n) is 6.08. The highest BCUT2D eigenvalue weighted by atomic mass is 35.5. The lowest BCUT2D eigenvalue weighted by Gasteiger charge is -2.28. The van der Waals surface area contributed by atoms with E-state index in [2.05, 4.69) is 46.6 Å². The maximum atomic E-state index is 6.59. The SMILES string of the molecule is CCn1c(C)cc([C@H]2[C@H](c3ccccn3)NC(=S)N2c2ccc(OCCOC)c(Cl)c2)c1C. The van der Waals surface area contributed by atoms with Crippen molar-refractivity contribution < 1.29 is 9.47 Å². The Morgan fingerprint density at radius 2 is 1.97 bits per heavy atom. The molecular formula is C25H29ClN4O2S. The first kappa shape index (κ1) is 23.5. The topological polar surface area (TPSA) is 51.6 Å². The summed E-state index contributed by atoms with van der Waals surface area (Å²) in [5.41, 5.74) is 5.51. The van der Waals surface area contributed by atoms with Crippen molar-refractivity contribution in [2.45, 2.75) is 39.4 Å². The lowest BCUT2D eigenvalue weighted by Crippen LogP contribution is -2.29. The van der Waals surface area contributed by atoms with E-state index < -0.39 is 0 Å². The van der Waals surface area contributed by atoms with Gasteiger partial charge >= 0.3 is 0 Å². The molecule has 3 heterocycles. The number of anilines is 1. The van der Waals surface area contributed by atoms with Crippen LogP contribution in [0.4, 0.5) is 5.69 Å². The first-order valence-corrected chi connectivity index (χ1v) is 11.8. The summed E-state index contributed by atoms with van der Waals surface area (Å²) in [5.74, 6) is 0.623. The number of ether oxygens (including phenoxy) is 2. The zero-order valence-electron chi connectivity index (χ0n) is 19.3. The van der Waals surface area contributed by atoms with Crippen LogP contribution in [0.1, 0.15) is 41.7 Å². The predicted molar refractivity (Wildman–Crippen MR) is 136 cm³/mol. The molecule has 8 heteroatoms. The Bertz CT molecular complexity index is 1130. The van der Waals surface area contributed by atoms with E-state index in [9.17, 15) is 0 Å². The highest BCUT2D eigenvalue weighted by Crippen LogP contribution is 2.44. The van der Waals surface area contributed by atoms with Crippen LogP contribution in [0.15, 0.2) is 48.7 Å². The van der Waals surface area contributed by atoms with Gasteiger partial charge in [-0.25, -0.2) is 0 Å². The predicted octanol–water partition coefficient (Wildman–Crippen LogP) is 5.38. The van der Waals surface area contributed by atoms with Gasteiger partial charge < -0.3 is 24.3 Å². The summed E-state index contributed by atoms with van der Waals surface area (Å²) in [4.78, 5) is 6.78. The van der Waals surface area contributed by atoms with Crippen LogP contribution in [0.3, 0.4) is 0 Å². The molecule has 0 aliphatic carbocycles. The quantitative estimate of drug-likeness (QED) is 0.342. The maximum Gasteiger partial charge on any atom is 0.174 e. The van der Waals surface area contributed by atoms with Gasteiger partial charge in [-0.15, -0.1) is 0 Å². The van der Waals surface area contributed by atoms with Gasteiger partial charge in [-0.1, -0.05) is 17.7 Å². The van der Waals surface area contributed by atoms with Crippen molar-refractivity contribution in [2.24, 2.45) is 0 Å². The summed E-state index contributed by atoms with van der Waals surface area (Å²) in [7, 11) is 1.64. The average Bonchev–Trinajstić information content (AvgIpc) is 3.30. The molecule has 33 heavy (non-hydrogen) atoms. The lowest BCUT2D eigenvalue weighted by atomic mass is 9.96. The van der Waals surface area contributed by atoms with Crippen LogP contribution in [-0.2, 0) is 11.3 Å². The zero-order chi connectivity index (χ0) is 23.5. The molecule has 1 aromatic carbocycles. The Balaban J connectivity index is 1.77. The number of hydrogen-bond acceptors (Lipinski definition) is 4. The minimum atomic E-state index is -0.0964. The van der Waals surface area contributed by atoms with Crippen molar-refractivity contribution >= 4 is 34.6 Å². The average molecular weight is 485 g/mol. The molecule has 0 amide bonds. The van der Waals surface area contributed by atoms with E-state index in [1.165, 1.54) is 17.0 Å². The van der Waals surface area contributed by atoms with E-state index in [0.29, 0.717) is 29.1 Å². The van der Waals surface area contributed by atoms with Gasteiger partial charge in [0.05, 0.1) is 29.4 Å². The molecule has 3 aromatic rings. The molecule has 0 spiro atoms. The Morgan fingerprint density at radius 1 is 1.15 bits per heavy atom. The fourth-order valence-corrected chi connectivity index (χ4v) is 5.13. The van der Waals surface area contributed by atoms with Crippen LogP contribution in [0, 0.1) is 13.8 Å². The highest BCUT2D eigenvalue weighted by Gasteiger charge is 2.42. The van der Waals surface area contributed by atoms with Crippen molar-refractivity contribution in [3.8, 4) is 5.75 Å². The van der Waals surface area contributed by atoms with Gasteiger partial charge in [0.1, 0.15) is 12.4 Å². The molecule has 2 aromatic heterocycles. The second-order valence-electron chi connectivity index (χ2n) is 8.02. The molecule has 1 fully saturated rings. The molecule has 0 radical (unpaired) electrons. The largest absolute Gasteiger partial charge is 0.490 e. The number of hydrogen-bond donors (Lipinski definition) is 1. The Labute approximate surface area is 205 Å². The number of nitrogens with one attached hydrogen (secondary N) is 1. The number of thiocarbonyl (C=S) groups is 1. The summed E-state index contributed by atoms with van der Waals surface area (Å²) in [6.45, 7) is 8.32. The molecule has 174 valence electrons. The summed E-state index contributed by atoms with van der Waals surface area (Å²) in [6, 6.07) is 13.8. The number of halogens is 1. The Kier molecular flexibility index (Phi) is 7.22. The van der Waals surface area contributed by atoms with Gasteiger partial charge in [0.2, 0.25) is 0 Å². The smallest absolute Gasteiger partial charge is 0.174 e. The second kappa shape index (κ2) is 10.1. The summed E-state index contributed by atoms with van der Waals surface area (Å²) < 4.78 is 13.1. The molecule has 1 aliphatic rings. The summed E-state index contributed by atoms with van der Waals surface area (Å²) >= 11 is 12.4.